The van der Waals surface area contributed by atoms with Crippen molar-refractivity contribution < 1.29 is 14.7 Å². The summed E-state index contributed by atoms with van der Waals surface area (Å²) in [5.41, 5.74) is 10.6. The van der Waals surface area contributed by atoms with Gasteiger partial charge in [-0.1, -0.05) is 19.8 Å². The second-order valence-corrected chi connectivity index (χ2v) is 3.38. The van der Waals surface area contributed by atoms with Crippen molar-refractivity contribution in [3.8, 4) is 0 Å². The fourth-order valence-corrected chi connectivity index (χ4v) is 1.05. The molecule has 0 unspecified atom stereocenters. The van der Waals surface area contributed by atoms with Gasteiger partial charge in [0.15, 0.2) is 0 Å². The molecule has 15 heavy (non-hydrogen) atoms. The van der Waals surface area contributed by atoms with Gasteiger partial charge in [-0.15, -0.1) is 0 Å². The van der Waals surface area contributed by atoms with Gasteiger partial charge in [-0.05, 0) is 6.42 Å². The highest BCUT2D eigenvalue weighted by Gasteiger charge is 2.21. The van der Waals surface area contributed by atoms with Gasteiger partial charge < -0.3 is 21.9 Å². The summed E-state index contributed by atoms with van der Waals surface area (Å²) in [7, 11) is 0. The maximum absolute atomic E-state index is 11.3. The van der Waals surface area contributed by atoms with E-state index in [1.54, 1.807) is 0 Å². The van der Waals surface area contributed by atoms with E-state index in [1.807, 2.05) is 6.92 Å². The summed E-state index contributed by atoms with van der Waals surface area (Å²) >= 11 is 0. The molecule has 0 spiro atoms. The largest absolute Gasteiger partial charge is 0.480 e. The quantitative estimate of drug-likeness (QED) is 0.437. The molecule has 0 saturated carbocycles. The van der Waals surface area contributed by atoms with E-state index in [1.165, 1.54) is 0 Å². The summed E-state index contributed by atoms with van der Waals surface area (Å²) in [6.45, 7) is 1.96. The number of nitrogens with two attached hydrogens (primary N) is 2. The Morgan fingerprint density at radius 2 is 2.07 bits per heavy atom. The van der Waals surface area contributed by atoms with Crippen molar-refractivity contribution in [1.82, 2.24) is 5.32 Å². The minimum absolute atomic E-state index is 0.00590. The number of aliphatic carboxylic acids is 1. The normalized spacial score (nSPS) is 14.3. The predicted octanol–water partition coefficient (Wildman–Crippen LogP) is -0.968. The van der Waals surface area contributed by atoms with Crippen LogP contribution in [0.1, 0.15) is 26.2 Å². The lowest BCUT2D eigenvalue weighted by Gasteiger charge is -2.16. The van der Waals surface area contributed by atoms with Crippen molar-refractivity contribution in [2.24, 2.45) is 11.5 Å². The molecule has 6 nitrogen and oxygen atoms in total. The maximum Gasteiger partial charge on any atom is 0.326 e. The van der Waals surface area contributed by atoms with Crippen LogP contribution in [-0.2, 0) is 9.59 Å². The summed E-state index contributed by atoms with van der Waals surface area (Å²) in [4.78, 5) is 22.0. The van der Waals surface area contributed by atoms with Crippen LogP contribution in [0.3, 0.4) is 0 Å². The molecule has 0 aliphatic rings. The number of amides is 1. The molecular weight excluding hydrogens is 198 g/mol. The molecule has 0 aliphatic carbocycles. The van der Waals surface area contributed by atoms with Crippen LogP contribution in [0.15, 0.2) is 0 Å². The molecule has 0 rings (SSSR count). The molecule has 0 aromatic heterocycles. The molecular formula is C9H19N3O3. The van der Waals surface area contributed by atoms with Gasteiger partial charge in [0.25, 0.3) is 0 Å². The standard InChI is InChI=1S/C9H19N3O3/c1-2-3-4-7(9(14)15)12-8(13)6(11)5-10/h6-7H,2-5,10-11H2,1H3,(H,12,13)(H,14,15)/t6-,7-/m1/s1. The zero-order valence-corrected chi connectivity index (χ0v) is 8.90. The van der Waals surface area contributed by atoms with Crippen LogP contribution in [0.25, 0.3) is 0 Å². The summed E-state index contributed by atoms with van der Waals surface area (Å²) in [5.74, 6) is -1.55. The first-order valence-corrected chi connectivity index (χ1v) is 5.01. The average Bonchev–Trinajstić information content (AvgIpc) is 2.22. The Hall–Kier alpha value is -1.14. The zero-order chi connectivity index (χ0) is 11.8. The lowest BCUT2D eigenvalue weighted by molar-refractivity contribution is -0.142. The molecule has 0 heterocycles. The van der Waals surface area contributed by atoms with E-state index in [0.717, 1.165) is 12.8 Å². The third-order valence-electron chi connectivity index (χ3n) is 2.05. The van der Waals surface area contributed by atoms with Crippen molar-refractivity contribution in [1.29, 1.82) is 0 Å². The molecule has 0 radical (unpaired) electrons. The Kier molecular flexibility index (Phi) is 6.64. The van der Waals surface area contributed by atoms with Gasteiger partial charge in [0.05, 0.1) is 6.04 Å². The number of rotatable bonds is 7. The zero-order valence-electron chi connectivity index (χ0n) is 8.90. The van der Waals surface area contributed by atoms with Gasteiger partial charge in [-0.3, -0.25) is 4.79 Å². The fourth-order valence-electron chi connectivity index (χ4n) is 1.05. The van der Waals surface area contributed by atoms with E-state index in [2.05, 4.69) is 5.32 Å². The number of hydrogen-bond donors (Lipinski definition) is 4. The molecule has 2 atom stereocenters. The van der Waals surface area contributed by atoms with Gasteiger partial charge in [0.1, 0.15) is 6.04 Å². The number of nitrogens with one attached hydrogen (secondary N) is 1. The van der Waals surface area contributed by atoms with E-state index in [-0.39, 0.29) is 6.54 Å². The highest BCUT2D eigenvalue weighted by Crippen LogP contribution is 2.01. The van der Waals surface area contributed by atoms with Crippen molar-refractivity contribution in [2.45, 2.75) is 38.3 Å². The SMILES string of the molecule is CCCC[C@@H](NC(=O)[C@H](N)CN)C(=O)O. The Balaban J connectivity index is 4.16. The van der Waals surface area contributed by atoms with Crippen LogP contribution in [0.4, 0.5) is 0 Å². The molecule has 6 N–H and O–H groups in total. The number of hydrogen-bond acceptors (Lipinski definition) is 4. The number of carbonyl (C=O) groups excluding carboxylic acids is 1. The van der Waals surface area contributed by atoms with Crippen molar-refractivity contribution >= 4 is 11.9 Å². The van der Waals surface area contributed by atoms with Gasteiger partial charge in [0.2, 0.25) is 5.91 Å². The molecule has 0 fully saturated rings. The second kappa shape index (κ2) is 7.19. The van der Waals surface area contributed by atoms with Crippen LogP contribution in [0.5, 0.6) is 0 Å². The minimum atomic E-state index is -1.04. The molecule has 0 aromatic carbocycles. The molecule has 0 aliphatic heterocycles. The Morgan fingerprint density at radius 3 is 2.47 bits per heavy atom. The summed E-state index contributed by atoms with van der Waals surface area (Å²) < 4.78 is 0. The second-order valence-electron chi connectivity index (χ2n) is 3.38. The molecule has 0 saturated heterocycles. The topological polar surface area (TPSA) is 118 Å². The van der Waals surface area contributed by atoms with E-state index >= 15 is 0 Å². The Labute approximate surface area is 89.0 Å². The monoisotopic (exact) mass is 217 g/mol. The van der Waals surface area contributed by atoms with Crippen molar-refractivity contribution in [3.05, 3.63) is 0 Å². The number of carbonyl (C=O) groups is 2. The van der Waals surface area contributed by atoms with Crippen LogP contribution in [0, 0.1) is 0 Å². The van der Waals surface area contributed by atoms with Crippen molar-refractivity contribution in [3.63, 3.8) is 0 Å². The number of carboxylic acids is 1. The lowest BCUT2D eigenvalue weighted by atomic mass is 10.1. The maximum atomic E-state index is 11.3. The van der Waals surface area contributed by atoms with Crippen LogP contribution in [-0.4, -0.2) is 35.6 Å². The van der Waals surface area contributed by atoms with Gasteiger partial charge in [-0.2, -0.15) is 0 Å². The highest BCUT2D eigenvalue weighted by molar-refractivity contribution is 5.86. The fraction of sp³-hybridized carbons (Fsp3) is 0.778. The Bertz CT molecular complexity index is 221. The first-order chi connectivity index (χ1) is 7.02. The van der Waals surface area contributed by atoms with E-state index in [4.69, 9.17) is 16.6 Å². The Morgan fingerprint density at radius 1 is 1.47 bits per heavy atom. The van der Waals surface area contributed by atoms with Crippen molar-refractivity contribution in [2.75, 3.05) is 6.54 Å². The molecule has 0 bridgehead atoms. The smallest absolute Gasteiger partial charge is 0.326 e. The molecule has 1 amide bonds. The van der Waals surface area contributed by atoms with Gasteiger partial charge in [-0.25, -0.2) is 4.79 Å². The molecule has 6 heteroatoms. The number of carboxylic acid groups (broad SMARTS) is 1. The van der Waals surface area contributed by atoms with E-state index < -0.39 is 24.0 Å². The molecule has 0 aromatic rings. The number of unbranched alkanes of at least 4 members (excludes halogenated alkanes) is 1. The first kappa shape index (κ1) is 13.9. The van der Waals surface area contributed by atoms with E-state index in [0.29, 0.717) is 6.42 Å². The average molecular weight is 217 g/mol. The minimum Gasteiger partial charge on any atom is -0.480 e. The predicted molar refractivity (Wildman–Crippen MR) is 56.1 cm³/mol. The van der Waals surface area contributed by atoms with Crippen LogP contribution < -0.4 is 16.8 Å². The van der Waals surface area contributed by atoms with E-state index in [9.17, 15) is 9.59 Å². The summed E-state index contributed by atoms with van der Waals surface area (Å²) in [5, 5.41) is 11.2. The third-order valence-corrected chi connectivity index (χ3v) is 2.05. The van der Waals surface area contributed by atoms with Crippen LogP contribution >= 0.6 is 0 Å². The van der Waals surface area contributed by atoms with Gasteiger partial charge >= 0.3 is 5.97 Å². The summed E-state index contributed by atoms with van der Waals surface area (Å²) in [6.07, 6.45) is 2.03. The first-order valence-electron chi connectivity index (χ1n) is 5.01. The summed E-state index contributed by atoms with van der Waals surface area (Å²) in [6, 6.07) is -1.71. The highest BCUT2D eigenvalue weighted by atomic mass is 16.4. The van der Waals surface area contributed by atoms with Crippen LogP contribution in [0.2, 0.25) is 0 Å². The molecule has 88 valence electrons. The third kappa shape index (κ3) is 5.34. The van der Waals surface area contributed by atoms with Gasteiger partial charge in [0, 0.05) is 6.54 Å². The lowest BCUT2D eigenvalue weighted by Crippen LogP contribution is -2.51.